The van der Waals surface area contributed by atoms with Gasteiger partial charge in [-0.05, 0) is 25.9 Å². The molecule has 2 unspecified atom stereocenters. The van der Waals surface area contributed by atoms with Crippen molar-refractivity contribution in [3.8, 4) is 0 Å². The summed E-state index contributed by atoms with van der Waals surface area (Å²) in [6.07, 6.45) is 2.51. The summed E-state index contributed by atoms with van der Waals surface area (Å²) in [4.78, 5) is 10.3. The number of nitrogens with one attached hydrogen (secondary N) is 1. The van der Waals surface area contributed by atoms with Crippen molar-refractivity contribution in [1.29, 1.82) is 0 Å². The maximum absolute atomic E-state index is 5.87. The van der Waals surface area contributed by atoms with Crippen LogP contribution < -0.4 is 11.1 Å². The molecule has 2 heterocycles. The number of hydrogen-bond acceptors (Lipinski definition) is 5. The molecule has 2 rings (SSSR count). The predicted octanol–water partition coefficient (Wildman–Crippen LogP) is 1.46. The molecule has 0 aliphatic carbocycles. The molecule has 1 fully saturated rings. The van der Waals surface area contributed by atoms with Crippen molar-refractivity contribution in [3.63, 3.8) is 0 Å². The molecule has 1 aromatic rings. The van der Waals surface area contributed by atoms with Gasteiger partial charge in [0.1, 0.15) is 12.0 Å². The predicted molar refractivity (Wildman–Crippen MR) is 70.1 cm³/mol. The highest BCUT2D eigenvalue weighted by Crippen LogP contribution is 2.26. The van der Waals surface area contributed by atoms with Gasteiger partial charge in [0.2, 0.25) is 0 Å². The van der Waals surface area contributed by atoms with Crippen LogP contribution in [0, 0.1) is 5.92 Å². The number of halogens is 1. The van der Waals surface area contributed by atoms with Crippen LogP contribution in [-0.4, -0.2) is 41.0 Å². The van der Waals surface area contributed by atoms with Gasteiger partial charge in [0, 0.05) is 12.6 Å². The monoisotopic (exact) mass is 255 g/mol. The van der Waals surface area contributed by atoms with Crippen LogP contribution in [0.5, 0.6) is 0 Å². The van der Waals surface area contributed by atoms with Crippen LogP contribution in [0.3, 0.4) is 0 Å². The number of hydrogen-bond donors (Lipinski definition) is 2. The third-order valence-electron chi connectivity index (χ3n) is 3.27. The Bertz CT molecular complexity index is 397. The van der Waals surface area contributed by atoms with Gasteiger partial charge in [-0.2, -0.15) is 0 Å². The van der Waals surface area contributed by atoms with Gasteiger partial charge in [0.15, 0.2) is 11.0 Å². The van der Waals surface area contributed by atoms with Crippen LogP contribution in [-0.2, 0) is 0 Å². The lowest BCUT2D eigenvalue weighted by Gasteiger charge is -2.35. The van der Waals surface area contributed by atoms with E-state index >= 15 is 0 Å². The second kappa shape index (κ2) is 5.06. The first kappa shape index (κ1) is 12.4. The molecule has 0 saturated carbocycles. The zero-order chi connectivity index (χ0) is 12.4. The summed E-state index contributed by atoms with van der Waals surface area (Å²) in [6, 6.07) is 0.388. The molecule has 0 aromatic carbocycles. The largest absolute Gasteiger partial charge is 0.393 e. The molecule has 0 spiro atoms. The van der Waals surface area contributed by atoms with Crippen molar-refractivity contribution in [3.05, 3.63) is 11.5 Å². The second-order valence-corrected chi connectivity index (χ2v) is 5.06. The molecule has 6 heteroatoms. The molecule has 1 aromatic heterocycles. The Balaban J connectivity index is 2.08. The fourth-order valence-electron chi connectivity index (χ4n) is 2.23. The minimum Gasteiger partial charge on any atom is -0.393 e. The number of piperidine rings is 1. The van der Waals surface area contributed by atoms with E-state index in [4.69, 9.17) is 17.3 Å². The van der Waals surface area contributed by atoms with E-state index < -0.39 is 0 Å². The summed E-state index contributed by atoms with van der Waals surface area (Å²) in [7, 11) is 2.14. The van der Waals surface area contributed by atoms with Gasteiger partial charge in [0.05, 0.1) is 0 Å². The third-order valence-corrected chi connectivity index (χ3v) is 3.57. The number of nitrogens with two attached hydrogens (primary N) is 1. The van der Waals surface area contributed by atoms with Gasteiger partial charge < -0.3 is 16.0 Å². The van der Waals surface area contributed by atoms with Crippen LogP contribution in [0.4, 0.5) is 11.5 Å². The van der Waals surface area contributed by atoms with E-state index in [1.807, 2.05) is 0 Å². The average molecular weight is 256 g/mol. The lowest BCUT2D eigenvalue weighted by atomic mass is 9.94. The first-order valence-electron chi connectivity index (χ1n) is 5.79. The summed E-state index contributed by atoms with van der Waals surface area (Å²) in [5.74, 6) is 1.20. The van der Waals surface area contributed by atoms with Crippen molar-refractivity contribution >= 4 is 23.1 Å². The van der Waals surface area contributed by atoms with E-state index in [9.17, 15) is 0 Å². The topological polar surface area (TPSA) is 67.1 Å². The Morgan fingerprint density at radius 3 is 3.00 bits per heavy atom. The van der Waals surface area contributed by atoms with E-state index in [1.54, 1.807) is 0 Å². The van der Waals surface area contributed by atoms with Crippen LogP contribution in [0.25, 0.3) is 0 Å². The van der Waals surface area contributed by atoms with E-state index in [0.717, 1.165) is 19.5 Å². The number of likely N-dealkylation sites (tertiary alicyclic amines) is 1. The van der Waals surface area contributed by atoms with Crippen LogP contribution in [0.1, 0.15) is 13.3 Å². The van der Waals surface area contributed by atoms with Gasteiger partial charge in [-0.1, -0.05) is 18.5 Å². The molecular weight excluding hydrogens is 238 g/mol. The number of aromatic nitrogens is 2. The molecule has 17 heavy (non-hydrogen) atoms. The van der Waals surface area contributed by atoms with Gasteiger partial charge in [-0.15, -0.1) is 0 Å². The molecule has 1 aliphatic rings. The Hall–Kier alpha value is -1.07. The van der Waals surface area contributed by atoms with Crippen LogP contribution >= 0.6 is 11.6 Å². The average Bonchev–Trinajstić information content (AvgIpc) is 2.28. The first-order valence-corrected chi connectivity index (χ1v) is 6.16. The number of rotatable bonds is 2. The molecule has 1 aliphatic heterocycles. The van der Waals surface area contributed by atoms with Gasteiger partial charge in [0.25, 0.3) is 0 Å². The summed E-state index contributed by atoms with van der Waals surface area (Å²) in [5, 5.41) is 3.68. The van der Waals surface area contributed by atoms with Crippen LogP contribution in [0.15, 0.2) is 6.33 Å². The zero-order valence-corrected chi connectivity index (χ0v) is 10.9. The molecule has 0 radical (unpaired) electrons. The van der Waals surface area contributed by atoms with Crippen molar-refractivity contribution < 1.29 is 0 Å². The smallest absolute Gasteiger partial charge is 0.157 e. The van der Waals surface area contributed by atoms with Crippen molar-refractivity contribution in [2.75, 3.05) is 31.2 Å². The van der Waals surface area contributed by atoms with Crippen molar-refractivity contribution in [2.45, 2.75) is 19.4 Å². The highest BCUT2D eigenvalue weighted by atomic mass is 35.5. The number of anilines is 2. The minimum atomic E-state index is 0.308. The Morgan fingerprint density at radius 2 is 2.29 bits per heavy atom. The molecule has 1 saturated heterocycles. The maximum Gasteiger partial charge on any atom is 0.157 e. The molecule has 0 amide bonds. The molecule has 0 bridgehead atoms. The lowest BCUT2D eigenvalue weighted by Crippen LogP contribution is -2.43. The molecule has 2 atom stereocenters. The van der Waals surface area contributed by atoms with Crippen LogP contribution in [0.2, 0.25) is 5.15 Å². The zero-order valence-electron chi connectivity index (χ0n) is 10.2. The SMILES string of the molecule is CC1CN(C)CCC1Nc1ncnc(Cl)c1N. The summed E-state index contributed by atoms with van der Waals surface area (Å²) in [5.41, 5.74) is 6.27. The van der Waals surface area contributed by atoms with Gasteiger partial charge in [-0.25, -0.2) is 9.97 Å². The fourth-order valence-corrected chi connectivity index (χ4v) is 2.37. The van der Waals surface area contributed by atoms with E-state index in [0.29, 0.717) is 28.6 Å². The molecular formula is C11H18ClN5. The highest BCUT2D eigenvalue weighted by Gasteiger charge is 2.25. The minimum absolute atomic E-state index is 0.308. The first-order chi connectivity index (χ1) is 8.08. The van der Waals surface area contributed by atoms with Gasteiger partial charge >= 0.3 is 0 Å². The summed E-state index contributed by atoms with van der Waals surface area (Å²) < 4.78 is 0. The fraction of sp³-hybridized carbons (Fsp3) is 0.636. The highest BCUT2D eigenvalue weighted by molar-refractivity contribution is 6.32. The van der Waals surface area contributed by atoms with E-state index in [1.165, 1.54) is 6.33 Å². The van der Waals surface area contributed by atoms with Crippen molar-refractivity contribution in [1.82, 2.24) is 14.9 Å². The van der Waals surface area contributed by atoms with Gasteiger partial charge in [-0.3, -0.25) is 0 Å². The Labute approximate surface area is 106 Å². The number of nitrogen functional groups attached to an aromatic ring is 1. The molecule has 5 nitrogen and oxygen atoms in total. The van der Waals surface area contributed by atoms with Crippen molar-refractivity contribution in [2.24, 2.45) is 5.92 Å². The lowest BCUT2D eigenvalue weighted by molar-refractivity contribution is 0.206. The Morgan fingerprint density at radius 1 is 1.53 bits per heavy atom. The quantitative estimate of drug-likeness (QED) is 0.784. The molecule has 3 N–H and O–H groups in total. The number of nitrogens with zero attached hydrogens (tertiary/aromatic N) is 3. The Kier molecular flexibility index (Phi) is 3.69. The normalized spacial score (nSPS) is 25.8. The van der Waals surface area contributed by atoms with E-state index in [2.05, 4.69) is 34.2 Å². The summed E-state index contributed by atoms with van der Waals surface area (Å²) in [6.45, 7) is 4.39. The standard InChI is InChI=1S/C11H18ClN5/c1-7-5-17(2)4-3-8(7)16-11-9(13)10(12)14-6-15-11/h6-8H,3-5,13H2,1-2H3,(H,14,15,16). The second-order valence-electron chi connectivity index (χ2n) is 4.71. The molecule has 94 valence electrons. The summed E-state index contributed by atoms with van der Waals surface area (Å²) >= 11 is 5.87. The third kappa shape index (κ3) is 2.79. The van der Waals surface area contributed by atoms with E-state index in [-0.39, 0.29) is 0 Å². The maximum atomic E-state index is 5.87.